The molecule has 7 heteroatoms. The van der Waals surface area contributed by atoms with Crippen LogP contribution in [-0.2, 0) is 19.1 Å². The van der Waals surface area contributed by atoms with Gasteiger partial charge in [-0.25, -0.2) is 4.79 Å². The summed E-state index contributed by atoms with van der Waals surface area (Å²) in [5.41, 5.74) is 0. The first-order valence-electron chi connectivity index (χ1n) is 5.09. The zero-order chi connectivity index (χ0) is 13.4. The van der Waals surface area contributed by atoms with Crippen LogP contribution in [0.15, 0.2) is 0 Å². The molecule has 0 saturated heterocycles. The Morgan fingerprint density at radius 1 is 1.06 bits per heavy atom. The summed E-state index contributed by atoms with van der Waals surface area (Å²) in [6.45, 7) is 2.94. The van der Waals surface area contributed by atoms with Crippen molar-refractivity contribution in [3.63, 3.8) is 0 Å². The normalized spacial score (nSPS) is 9.71. The molecule has 0 aromatic rings. The van der Waals surface area contributed by atoms with Crippen molar-refractivity contribution < 1.29 is 23.9 Å². The van der Waals surface area contributed by atoms with Gasteiger partial charge in [0.2, 0.25) is 0 Å². The van der Waals surface area contributed by atoms with Gasteiger partial charge < -0.3 is 19.7 Å². The SMILES string of the molecule is COC(=O)CN(CC(=O)OC)C(=O)NC(C)C. The number of methoxy groups -OCH3 is 2. The van der Waals surface area contributed by atoms with Gasteiger partial charge >= 0.3 is 18.0 Å². The highest BCUT2D eigenvalue weighted by Gasteiger charge is 2.21. The highest BCUT2D eigenvalue weighted by atomic mass is 16.5. The van der Waals surface area contributed by atoms with Crippen LogP contribution in [0.1, 0.15) is 13.8 Å². The minimum Gasteiger partial charge on any atom is -0.468 e. The van der Waals surface area contributed by atoms with E-state index in [0.29, 0.717) is 0 Å². The van der Waals surface area contributed by atoms with E-state index >= 15 is 0 Å². The van der Waals surface area contributed by atoms with Crippen LogP contribution < -0.4 is 5.32 Å². The quantitative estimate of drug-likeness (QED) is 0.676. The van der Waals surface area contributed by atoms with Gasteiger partial charge in [0.05, 0.1) is 14.2 Å². The van der Waals surface area contributed by atoms with E-state index < -0.39 is 18.0 Å². The topological polar surface area (TPSA) is 84.9 Å². The number of amides is 2. The van der Waals surface area contributed by atoms with E-state index in [2.05, 4.69) is 14.8 Å². The minimum atomic E-state index is -0.604. The predicted octanol–water partition coefficient (Wildman–Crippen LogP) is -0.248. The first-order chi connectivity index (χ1) is 7.90. The van der Waals surface area contributed by atoms with Crippen LogP contribution in [0.3, 0.4) is 0 Å². The lowest BCUT2D eigenvalue weighted by Crippen LogP contribution is -2.47. The molecular weight excluding hydrogens is 228 g/mol. The first kappa shape index (κ1) is 15.2. The fourth-order valence-corrected chi connectivity index (χ4v) is 0.979. The van der Waals surface area contributed by atoms with Crippen molar-refractivity contribution in [2.24, 2.45) is 0 Å². The molecule has 0 heterocycles. The van der Waals surface area contributed by atoms with Crippen molar-refractivity contribution in [1.29, 1.82) is 0 Å². The Labute approximate surface area is 100 Å². The average Bonchev–Trinajstić information content (AvgIpc) is 2.26. The minimum absolute atomic E-state index is 0.0970. The number of nitrogens with zero attached hydrogens (tertiary/aromatic N) is 1. The number of urea groups is 1. The number of hydrogen-bond acceptors (Lipinski definition) is 5. The van der Waals surface area contributed by atoms with E-state index in [1.54, 1.807) is 13.8 Å². The number of ether oxygens (including phenoxy) is 2. The molecule has 0 saturated carbocycles. The molecule has 0 unspecified atom stereocenters. The predicted molar refractivity (Wildman–Crippen MR) is 59.3 cm³/mol. The van der Waals surface area contributed by atoms with E-state index in [0.717, 1.165) is 4.90 Å². The van der Waals surface area contributed by atoms with Crippen LogP contribution in [0.5, 0.6) is 0 Å². The number of carbonyl (C=O) groups excluding carboxylic acids is 3. The van der Waals surface area contributed by atoms with Gasteiger partial charge in [-0.15, -0.1) is 0 Å². The van der Waals surface area contributed by atoms with Crippen molar-refractivity contribution in [3.8, 4) is 0 Å². The third-order valence-corrected chi connectivity index (χ3v) is 1.79. The van der Waals surface area contributed by atoms with Gasteiger partial charge in [0, 0.05) is 6.04 Å². The molecule has 0 aliphatic carbocycles. The Bertz CT molecular complexity index is 272. The van der Waals surface area contributed by atoms with Crippen molar-refractivity contribution in [2.45, 2.75) is 19.9 Å². The van der Waals surface area contributed by atoms with Gasteiger partial charge in [0.25, 0.3) is 0 Å². The number of rotatable bonds is 5. The lowest BCUT2D eigenvalue weighted by molar-refractivity contribution is -0.144. The van der Waals surface area contributed by atoms with Crippen molar-refractivity contribution in [2.75, 3.05) is 27.3 Å². The summed E-state index contributed by atoms with van der Waals surface area (Å²) in [4.78, 5) is 34.9. The second-order valence-corrected chi connectivity index (χ2v) is 3.61. The highest BCUT2D eigenvalue weighted by Crippen LogP contribution is 1.94. The molecule has 0 fully saturated rings. The second kappa shape index (κ2) is 7.48. The fraction of sp³-hybridized carbons (Fsp3) is 0.700. The summed E-state index contributed by atoms with van der Waals surface area (Å²) < 4.78 is 8.88. The Hall–Kier alpha value is -1.79. The Kier molecular flexibility index (Phi) is 6.69. The molecule has 0 aliphatic rings. The van der Waals surface area contributed by atoms with Crippen LogP contribution in [0.2, 0.25) is 0 Å². The van der Waals surface area contributed by atoms with Crippen molar-refractivity contribution in [3.05, 3.63) is 0 Å². The summed E-state index contributed by atoms with van der Waals surface area (Å²) in [6.07, 6.45) is 0. The van der Waals surface area contributed by atoms with E-state index in [1.807, 2.05) is 0 Å². The maximum Gasteiger partial charge on any atom is 0.325 e. The van der Waals surface area contributed by atoms with Gasteiger partial charge in [0.1, 0.15) is 13.1 Å². The standard InChI is InChI=1S/C10H18N2O5/c1-7(2)11-10(15)12(5-8(13)16-3)6-9(14)17-4/h7H,5-6H2,1-4H3,(H,11,15). The lowest BCUT2D eigenvalue weighted by atomic mass is 10.4. The largest absolute Gasteiger partial charge is 0.468 e. The fourth-order valence-electron chi connectivity index (χ4n) is 0.979. The zero-order valence-electron chi connectivity index (χ0n) is 10.5. The Balaban J connectivity index is 4.54. The number of hydrogen-bond donors (Lipinski definition) is 1. The van der Waals surface area contributed by atoms with Crippen LogP contribution >= 0.6 is 0 Å². The lowest BCUT2D eigenvalue weighted by Gasteiger charge is -2.21. The summed E-state index contributed by atoms with van der Waals surface area (Å²) in [5.74, 6) is -1.21. The molecule has 0 radical (unpaired) electrons. The number of carbonyl (C=O) groups is 3. The maximum absolute atomic E-state index is 11.7. The average molecular weight is 246 g/mol. The van der Waals surface area contributed by atoms with Gasteiger partial charge in [0.15, 0.2) is 0 Å². The van der Waals surface area contributed by atoms with Crippen LogP contribution in [0, 0.1) is 0 Å². The van der Waals surface area contributed by atoms with E-state index in [4.69, 9.17) is 0 Å². The number of esters is 2. The van der Waals surface area contributed by atoms with Crippen LogP contribution in [0.25, 0.3) is 0 Å². The summed E-state index contributed by atoms with van der Waals surface area (Å²) in [5, 5.41) is 2.57. The molecule has 7 nitrogen and oxygen atoms in total. The second-order valence-electron chi connectivity index (χ2n) is 3.61. The van der Waals surface area contributed by atoms with Crippen molar-refractivity contribution >= 4 is 18.0 Å². The molecule has 0 spiro atoms. The molecule has 98 valence electrons. The molecule has 0 rings (SSSR count). The van der Waals surface area contributed by atoms with Gasteiger partial charge in [-0.2, -0.15) is 0 Å². The third-order valence-electron chi connectivity index (χ3n) is 1.79. The zero-order valence-corrected chi connectivity index (χ0v) is 10.5. The molecule has 0 aromatic heterocycles. The first-order valence-corrected chi connectivity index (χ1v) is 5.09. The molecule has 0 aliphatic heterocycles. The Morgan fingerprint density at radius 3 is 1.76 bits per heavy atom. The van der Waals surface area contributed by atoms with Crippen molar-refractivity contribution in [1.82, 2.24) is 10.2 Å². The summed E-state index contributed by atoms with van der Waals surface area (Å²) in [6, 6.07) is -0.615. The molecule has 17 heavy (non-hydrogen) atoms. The van der Waals surface area contributed by atoms with Gasteiger partial charge in [-0.3, -0.25) is 9.59 Å². The summed E-state index contributed by atoms with van der Waals surface area (Å²) in [7, 11) is 2.41. The molecule has 1 N–H and O–H groups in total. The molecule has 0 bridgehead atoms. The third kappa shape index (κ3) is 6.39. The van der Waals surface area contributed by atoms with Gasteiger partial charge in [-0.1, -0.05) is 0 Å². The molecular formula is C10H18N2O5. The van der Waals surface area contributed by atoms with E-state index in [1.165, 1.54) is 14.2 Å². The smallest absolute Gasteiger partial charge is 0.325 e. The number of nitrogens with one attached hydrogen (secondary N) is 1. The monoisotopic (exact) mass is 246 g/mol. The molecule has 0 atom stereocenters. The van der Waals surface area contributed by atoms with E-state index in [9.17, 15) is 14.4 Å². The highest BCUT2D eigenvalue weighted by molar-refractivity contribution is 5.85. The molecule has 0 aromatic carbocycles. The molecule has 2 amide bonds. The van der Waals surface area contributed by atoms with E-state index in [-0.39, 0.29) is 19.1 Å². The maximum atomic E-state index is 11.7. The Morgan fingerprint density at radius 2 is 1.47 bits per heavy atom. The summed E-state index contributed by atoms with van der Waals surface area (Å²) >= 11 is 0. The van der Waals surface area contributed by atoms with Crippen LogP contribution in [0.4, 0.5) is 4.79 Å². The van der Waals surface area contributed by atoms with Gasteiger partial charge in [-0.05, 0) is 13.8 Å². The van der Waals surface area contributed by atoms with Crippen LogP contribution in [-0.4, -0.2) is 56.2 Å².